The van der Waals surface area contributed by atoms with Crippen molar-refractivity contribution in [1.82, 2.24) is 4.98 Å². The molecule has 1 unspecified atom stereocenters. The molecule has 1 aromatic carbocycles. The van der Waals surface area contributed by atoms with Crippen LogP contribution in [0.5, 0.6) is 5.75 Å². The van der Waals surface area contributed by atoms with E-state index in [1.165, 1.54) is 12.3 Å². The first-order valence-electron chi connectivity index (χ1n) is 7.02. The third-order valence-corrected chi connectivity index (χ3v) is 3.67. The molecule has 0 bridgehead atoms. The van der Waals surface area contributed by atoms with Gasteiger partial charge in [-0.25, -0.2) is 9.78 Å². The zero-order valence-electron chi connectivity index (χ0n) is 12.9. The molecule has 2 rings (SSSR count). The molecule has 0 spiro atoms. The van der Waals surface area contributed by atoms with E-state index in [9.17, 15) is 19.5 Å². The van der Waals surface area contributed by atoms with Crippen LogP contribution in [-0.4, -0.2) is 27.2 Å². The number of hydrogen-bond donors (Lipinski definition) is 4. The van der Waals surface area contributed by atoms with Gasteiger partial charge in [-0.1, -0.05) is 13.8 Å². The Morgan fingerprint density at radius 2 is 1.78 bits per heavy atom. The summed E-state index contributed by atoms with van der Waals surface area (Å²) in [6.45, 7) is 5.80. The van der Waals surface area contributed by atoms with Gasteiger partial charge in [0.15, 0.2) is 11.4 Å². The van der Waals surface area contributed by atoms with Crippen molar-refractivity contribution >= 4 is 23.0 Å². The van der Waals surface area contributed by atoms with Gasteiger partial charge < -0.3 is 20.8 Å². The molecule has 0 aliphatic heterocycles. The molecule has 1 aromatic heterocycles. The first-order valence-corrected chi connectivity index (χ1v) is 7.02. The molecule has 122 valence electrons. The maximum Gasteiger partial charge on any atom is 0.358 e. The van der Waals surface area contributed by atoms with Gasteiger partial charge in [0, 0.05) is 12.2 Å². The Balaban J connectivity index is 2.34. The number of rotatable bonds is 6. The molecule has 1 atom stereocenters. The summed E-state index contributed by atoms with van der Waals surface area (Å²) in [6, 6.07) is 1.27. The fourth-order valence-corrected chi connectivity index (χ4v) is 1.89. The molecule has 0 saturated carbocycles. The Bertz CT molecular complexity index is 821. The highest BCUT2D eigenvalue weighted by Gasteiger charge is 2.25. The van der Waals surface area contributed by atoms with E-state index in [0.29, 0.717) is 0 Å². The summed E-state index contributed by atoms with van der Waals surface area (Å²) in [5.41, 5.74) is -1.79. The summed E-state index contributed by atoms with van der Waals surface area (Å²) in [4.78, 5) is 37.9. The number of pyridine rings is 1. The van der Waals surface area contributed by atoms with Gasteiger partial charge in [0.05, 0.1) is 5.69 Å². The van der Waals surface area contributed by atoms with Crippen molar-refractivity contribution < 1.29 is 15.0 Å². The molecule has 8 nitrogen and oxygen atoms in total. The van der Waals surface area contributed by atoms with Crippen molar-refractivity contribution in [3.8, 4) is 5.75 Å². The molecular formula is C15H17N3O5. The van der Waals surface area contributed by atoms with Crippen LogP contribution >= 0.6 is 0 Å². The molecule has 0 radical (unpaired) electrons. The summed E-state index contributed by atoms with van der Waals surface area (Å²) < 4.78 is 0. The molecule has 23 heavy (non-hydrogen) atoms. The largest absolute Gasteiger partial charge is 0.504 e. The van der Waals surface area contributed by atoms with Crippen LogP contribution < -0.4 is 21.5 Å². The summed E-state index contributed by atoms with van der Waals surface area (Å²) in [6.07, 6.45) is 1.18. The number of nitrogens with one attached hydrogen (secondary N) is 2. The predicted octanol–water partition coefficient (Wildman–Crippen LogP) is 1.28. The van der Waals surface area contributed by atoms with Crippen LogP contribution in [0.3, 0.4) is 0 Å². The lowest BCUT2D eigenvalue weighted by Gasteiger charge is -2.22. The highest BCUT2D eigenvalue weighted by Crippen LogP contribution is 2.30. The number of hydrogen-bond acceptors (Lipinski definition) is 7. The van der Waals surface area contributed by atoms with E-state index >= 15 is 0 Å². The maximum absolute atomic E-state index is 11.7. The lowest BCUT2D eigenvalue weighted by atomic mass is 10.0. The van der Waals surface area contributed by atoms with E-state index in [2.05, 4.69) is 15.6 Å². The minimum absolute atomic E-state index is 0.000314. The molecule has 2 aromatic rings. The number of carbonyl (C=O) groups is 1. The van der Waals surface area contributed by atoms with Crippen LogP contribution in [0.4, 0.5) is 17.1 Å². The number of carboxylic acids is 1. The quantitative estimate of drug-likeness (QED) is 0.586. The minimum atomic E-state index is -1.40. The molecule has 0 amide bonds. The molecule has 4 N–H and O–H groups in total. The van der Waals surface area contributed by atoms with Gasteiger partial charge >= 0.3 is 5.97 Å². The van der Waals surface area contributed by atoms with Gasteiger partial charge in [0.25, 0.3) is 10.9 Å². The molecular weight excluding hydrogens is 302 g/mol. The lowest BCUT2D eigenvalue weighted by Crippen LogP contribution is -2.39. The summed E-state index contributed by atoms with van der Waals surface area (Å²) in [5.74, 6) is -1.76. The van der Waals surface area contributed by atoms with Gasteiger partial charge in [0.2, 0.25) is 0 Å². The molecule has 0 aliphatic rings. The second-order valence-corrected chi connectivity index (χ2v) is 5.57. The number of aromatic hydroxyl groups is 1. The average Bonchev–Trinajstić information content (AvgIpc) is 2.50. The molecule has 0 fully saturated rings. The van der Waals surface area contributed by atoms with E-state index in [0.717, 1.165) is 0 Å². The van der Waals surface area contributed by atoms with Gasteiger partial charge in [-0.05, 0) is 18.9 Å². The van der Waals surface area contributed by atoms with E-state index in [-0.39, 0.29) is 29.0 Å². The van der Waals surface area contributed by atoms with E-state index in [4.69, 9.17) is 5.11 Å². The Morgan fingerprint density at radius 3 is 2.35 bits per heavy atom. The lowest BCUT2D eigenvalue weighted by molar-refractivity contribution is 0.0687. The third kappa shape index (κ3) is 3.01. The van der Waals surface area contributed by atoms with Crippen LogP contribution in [-0.2, 0) is 0 Å². The van der Waals surface area contributed by atoms with Crippen LogP contribution in [0.2, 0.25) is 0 Å². The second-order valence-electron chi connectivity index (χ2n) is 5.57. The Kier molecular flexibility index (Phi) is 4.35. The number of nitrogens with zero attached hydrogens (tertiary/aromatic N) is 1. The summed E-state index contributed by atoms with van der Waals surface area (Å²) in [5, 5.41) is 24.4. The molecule has 8 heteroatoms. The van der Waals surface area contributed by atoms with Crippen molar-refractivity contribution in [3.63, 3.8) is 0 Å². The first kappa shape index (κ1) is 16.5. The predicted molar refractivity (Wildman–Crippen MR) is 85.4 cm³/mol. The Labute approximate surface area is 131 Å². The van der Waals surface area contributed by atoms with Crippen molar-refractivity contribution in [3.05, 3.63) is 38.4 Å². The van der Waals surface area contributed by atoms with Crippen LogP contribution in [0, 0.1) is 5.92 Å². The van der Waals surface area contributed by atoms with Crippen molar-refractivity contribution in [2.45, 2.75) is 26.8 Å². The number of anilines is 3. The third-order valence-electron chi connectivity index (χ3n) is 3.67. The highest BCUT2D eigenvalue weighted by molar-refractivity contribution is 5.92. The topological polar surface area (TPSA) is 129 Å². The van der Waals surface area contributed by atoms with Gasteiger partial charge in [-0.15, -0.1) is 0 Å². The minimum Gasteiger partial charge on any atom is -0.504 e. The van der Waals surface area contributed by atoms with Gasteiger partial charge in [-0.3, -0.25) is 9.59 Å². The zero-order valence-corrected chi connectivity index (χ0v) is 12.9. The summed E-state index contributed by atoms with van der Waals surface area (Å²) >= 11 is 0. The molecule has 0 saturated heterocycles. The fourth-order valence-electron chi connectivity index (χ4n) is 1.89. The van der Waals surface area contributed by atoms with Crippen molar-refractivity contribution in [1.29, 1.82) is 0 Å². The smallest absolute Gasteiger partial charge is 0.358 e. The Morgan fingerprint density at radius 1 is 1.17 bits per heavy atom. The Hall–Kier alpha value is -2.90. The van der Waals surface area contributed by atoms with Crippen molar-refractivity contribution in [2.75, 3.05) is 10.6 Å². The van der Waals surface area contributed by atoms with E-state index in [1.807, 2.05) is 20.8 Å². The van der Waals surface area contributed by atoms with E-state index < -0.39 is 28.3 Å². The first-order chi connectivity index (χ1) is 10.7. The normalized spacial score (nSPS) is 12.3. The van der Waals surface area contributed by atoms with Crippen molar-refractivity contribution in [2.24, 2.45) is 5.92 Å². The summed E-state index contributed by atoms with van der Waals surface area (Å²) in [7, 11) is 0. The standard InChI is InChI=1S/C15H17N3O5/c1-6(2)7(3)17-9-10(14(21)13(9)20)18-8-4-5-16-11(12(8)19)15(22)23/h4-7,17,19H,1-3H3,(H,16,18)(H,22,23). The van der Waals surface area contributed by atoms with E-state index in [1.54, 1.807) is 0 Å². The number of aromatic carboxylic acids is 1. The molecule has 1 heterocycles. The number of carboxylic acid groups (broad SMARTS) is 1. The SMILES string of the molecule is CC(C)C(C)Nc1c(Nc2ccnc(C(=O)O)c2O)c(=O)c1=O. The average molecular weight is 319 g/mol. The molecule has 0 aliphatic carbocycles. The zero-order chi connectivity index (χ0) is 17.3. The van der Waals surface area contributed by atoms with Crippen LogP contribution in [0.15, 0.2) is 21.9 Å². The fraction of sp³-hybridized carbons (Fsp3) is 0.333. The van der Waals surface area contributed by atoms with Gasteiger partial charge in [0.1, 0.15) is 11.4 Å². The van der Waals surface area contributed by atoms with Gasteiger partial charge in [-0.2, -0.15) is 0 Å². The maximum atomic E-state index is 11.7. The van der Waals surface area contributed by atoms with Crippen LogP contribution in [0.1, 0.15) is 31.3 Å². The van der Waals surface area contributed by atoms with Crippen LogP contribution in [0.25, 0.3) is 0 Å². The number of aromatic nitrogens is 1. The second kappa shape index (κ2) is 6.07. The highest BCUT2D eigenvalue weighted by atomic mass is 16.4. The monoisotopic (exact) mass is 319 g/mol.